The molecule has 0 saturated heterocycles. The molecule has 0 spiro atoms. The van der Waals surface area contributed by atoms with Crippen LogP contribution in [-0.2, 0) is 14.4 Å². The number of carboxylic acid groups (broad SMARTS) is 1. The number of amides is 1. The Labute approximate surface area is 152 Å². The van der Waals surface area contributed by atoms with E-state index in [-0.39, 0.29) is 12.2 Å². The Kier molecular flexibility index (Phi) is 16.0. The number of carboxylic acids is 1. The van der Waals surface area contributed by atoms with Gasteiger partial charge in [-0.3, -0.25) is 14.4 Å². The highest BCUT2D eigenvalue weighted by molar-refractivity contribution is 6.36. The molecule has 0 saturated carbocycles. The Morgan fingerprint density at radius 2 is 1.32 bits per heavy atom. The second kappa shape index (κ2) is 17.2. The number of hydrogen-bond acceptors (Lipinski definition) is 3. The summed E-state index contributed by atoms with van der Waals surface area (Å²) in [5, 5.41) is 11.2. The molecule has 2 N–H and O–H groups in total. The minimum absolute atomic E-state index is 0.263. The van der Waals surface area contributed by atoms with Crippen LogP contribution < -0.4 is 5.32 Å². The molecule has 0 rings (SSSR count). The number of ketones is 1. The fraction of sp³-hybridized carbons (Fsp3) is 0.750. The normalized spacial score (nSPS) is 10.9. The van der Waals surface area contributed by atoms with E-state index < -0.39 is 11.9 Å². The van der Waals surface area contributed by atoms with Crippen LogP contribution in [0.25, 0.3) is 0 Å². The number of hydrogen-bond donors (Lipinski definition) is 2. The molecule has 5 nitrogen and oxygen atoms in total. The topological polar surface area (TPSA) is 83.5 Å². The summed E-state index contributed by atoms with van der Waals surface area (Å²) in [5.74, 6) is -1.50. The number of unbranched alkanes of at least 4 members (excludes halogenated alkanes) is 9. The molecular weight excluding hydrogens is 318 g/mol. The maximum atomic E-state index is 11.2. The van der Waals surface area contributed by atoms with Crippen LogP contribution in [0.1, 0.15) is 90.4 Å². The Morgan fingerprint density at radius 1 is 0.800 bits per heavy atom. The lowest BCUT2D eigenvalue weighted by Crippen LogP contribution is -2.31. The minimum Gasteiger partial charge on any atom is -0.481 e. The molecule has 0 aromatic rings. The van der Waals surface area contributed by atoms with Gasteiger partial charge in [0, 0.05) is 19.4 Å². The Balaban J connectivity index is 3.24. The number of carbonyl (C=O) groups excluding carboxylic acids is 2. The second-order valence-electron chi connectivity index (χ2n) is 6.41. The quantitative estimate of drug-likeness (QED) is 0.230. The van der Waals surface area contributed by atoms with E-state index in [4.69, 9.17) is 5.11 Å². The highest BCUT2D eigenvalue weighted by Gasteiger charge is 2.08. The summed E-state index contributed by atoms with van der Waals surface area (Å²) in [5.41, 5.74) is 0. The molecule has 0 aromatic carbocycles. The summed E-state index contributed by atoms with van der Waals surface area (Å²) in [6.45, 7) is 2.26. The SMILES string of the molecule is CCC(=O)C(=O)NCCCC/C=C\CCCCCCCCCC(=O)O. The van der Waals surface area contributed by atoms with Crippen molar-refractivity contribution in [1.29, 1.82) is 0 Å². The van der Waals surface area contributed by atoms with Crippen LogP contribution in [0.4, 0.5) is 0 Å². The van der Waals surface area contributed by atoms with Crippen molar-refractivity contribution < 1.29 is 19.5 Å². The zero-order valence-corrected chi connectivity index (χ0v) is 15.7. The van der Waals surface area contributed by atoms with E-state index in [1.54, 1.807) is 6.92 Å². The molecule has 0 heterocycles. The largest absolute Gasteiger partial charge is 0.481 e. The molecule has 5 heteroatoms. The molecule has 0 aliphatic carbocycles. The Hall–Kier alpha value is -1.65. The van der Waals surface area contributed by atoms with Gasteiger partial charge in [-0.05, 0) is 38.5 Å². The van der Waals surface area contributed by atoms with Crippen molar-refractivity contribution >= 4 is 17.7 Å². The van der Waals surface area contributed by atoms with Gasteiger partial charge in [0.05, 0.1) is 0 Å². The molecular formula is C20H35NO4. The highest BCUT2D eigenvalue weighted by Crippen LogP contribution is 2.10. The first-order valence-corrected chi connectivity index (χ1v) is 9.75. The van der Waals surface area contributed by atoms with Gasteiger partial charge in [0.25, 0.3) is 5.91 Å². The van der Waals surface area contributed by atoms with E-state index in [0.29, 0.717) is 13.0 Å². The van der Waals surface area contributed by atoms with E-state index in [0.717, 1.165) is 44.9 Å². The lowest BCUT2D eigenvalue weighted by Gasteiger charge is -2.02. The lowest BCUT2D eigenvalue weighted by atomic mass is 10.1. The van der Waals surface area contributed by atoms with Crippen molar-refractivity contribution in [1.82, 2.24) is 5.32 Å². The number of allylic oxidation sites excluding steroid dienone is 2. The number of aliphatic carboxylic acids is 1. The van der Waals surface area contributed by atoms with Crippen LogP contribution in [-0.4, -0.2) is 29.3 Å². The van der Waals surface area contributed by atoms with Gasteiger partial charge in [-0.2, -0.15) is 0 Å². The van der Waals surface area contributed by atoms with Crippen LogP contribution in [0.3, 0.4) is 0 Å². The molecule has 1 amide bonds. The second-order valence-corrected chi connectivity index (χ2v) is 6.41. The zero-order valence-electron chi connectivity index (χ0n) is 15.7. The third-order valence-corrected chi connectivity index (χ3v) is 4.09. The van der Waals surface area contributed by atoms with E-state index in [9.17, 15) is 14.4 Å². The van der Waals surface area contributed by atoms with Crippen LogP contribution in [0, 0.1) is 0 Å². The first kappa shape index (κ1) is 23.4. The molecule has 144 valence electrons. The van der Waals surface area contributed by atoms with Crippen molar-refractivity contribution in [3.05, 3.63) is 12.2 Å². The van der Waals surface area contributed by atoms with Gasteiger partial charge >= 0.3 is 5.97 Å². The molecule has 0 unspecified atom stereocenters. The maximum absolute atomic E-state index is 11.2. The number of rotatable bonds is 17. The van der Waals surface area contributed by atoms with Crippen LogP contribution >= 0.6 is 0 Å². The first-order chi connectivity index (χ1) is 12.1. The number of Topliss-reactive ketones (excluding diaryl/α,β-unsaturated/α-hetero) is 1. The van der Waals surface area contributed by atoms with Crippen molar-refractivity contribution in [2.45, 2.75) is 90.4 Å². The van der Waals surface area contributed by atoms with Gasteiger partial charge in [-0.25, -0.2) is 0 Å². The van der Waals surface area contributed by atoms with Gasteiger partial charge < -0.3 is 10.4 Å². The van der Waals surface area contributed by atoms with Crippen molar-refractivity contribution in [3.63, 3.8) is 0 Å². The summed E-state index contributed by atoms with van der Waals surface area (Å²) in [6.07, 6.45) is 16.9. The standard InChI is InChI=1S/C20H35NO4/c1-2-18(22)20(25)21-17-15-13-11-9-7-5-3-4-6-8-10-12-14-16-19(23)24/h7,9H,2-6,8,10-17H2,1H3,(H,21,25)(H,23,24)/b9-7-. The lowest BCUT2D eigenvalue weighted by molar-refractivity contribution is -0.137. The minimum atomic E-state index is -0.692. The van der Waals surface area contributed by atoms with Gasteiger partial charge in [-0.15, -0.1) is 0 Å². The smallest absolute Gasteiger partial charge is 0.303 e. The highest BCUT2D eigenvalue weighted by atomic mass is 16.4. The van der Waals surface area contributed by atoms with Crippen LogP contribution in [0.2, 0.25) is 0 Å². The van der Waals surface area contributed by atoms with E-state index in [1.807, 2.05) is 0 Å². The number of carbonyl (C=O) groups is 3. The van der Waals surface area contributed by atoms with Gasteiger partial charge in [-0.1, -0.05) is 51.2 Å². The first-order valence-electron chi connectivity index (χ1n) is 9.75. The fourth-order valence-electron chi connectivity index (χ4n) is 2.51. The van der Waals surface area contributed by atoms with Gasteiger partial charge in [0.15, 0.2) is 0 Å². The molecule has 0 aliphatic rings. The monoisotopic (exact) mass is 353 g/mol. The van der Waals surface area contributed by atoms with E-state index in [1.165, 1.54) is 25.7 Å². The summed E-state index contributed by atoms with van der Waals surface area (Å²) < 4.78 is 0. The average Bonchev–Trinajstić information content (AvgIpc) is 2.60. The third kappa shape index (κ3) is 17.0. The van der Waals surface area contributed by atoms with E-state index in [2.05, 4.69) is 17.5 Å². The Morgan fingerprint density at radius 3 is 1.88 bits per heavy atom. The molecule has 0 aromatic heterocycles. The molecule has 0 radical (unpaired) electrons. The molecule has 0 aliphatic heterocycles. The molecule has 0 bridgehead atoms. The third-order valence-electron chi connectivity index (χ3n) is 4.09. The maximum Gasteiger partial charge on any atom is 0.303 e. The van der Waals surface area contributed by atoms with Crippen LogP contribution in [0.15, 0.2) is 12.2 Å². The Bertz CT molecular complexity index is 405. The van der Waals surface area contributed by atoms with Crippen molar-refractivity contribution in [2.75, 3.05) is 6.54 Å². The predicted octanol–water partition coefficient (Wildman–Crippen LogP) is 4.40. The molecule has 25 heavy (non-hydrogen) atoms. The van der Waals surface area contributed by atoms with Crippen molar-refractivity contribution in [3.8, 4) is 0 Å². The number of nitrogens with one attached hydrogen (secondary N) is 1. The predicted molar refractivity (Wildman–Crippen MR) is 100 cm³/mol. The van der Waals surface area contributed by atoms with Crippen LogP contribution in [0.5, 0.6) is 0 Å². The average molecular weight is 354 g/mol. The summed E-state index contributed by atoms with van der Waals surface area (Å²) in [7, 11) is 0. The van der Waals surface area contributed by atoms with Gasteiger partial charge in [0.1, 0.15) is 0 Å². The zero-order chi connectivity index (χ0) is 18.8. The molecule has 0 fully saturated rings. The van der Waals surface area contributed by atoms with Crippen molar-refractivity contribution in [2.24, 2.45) is 0 Å². The van der Waals surface area contributed by atoms with Gasteiger partial charge in [0.2, 0.25) is 5.78 Å². The van der Waals surface area contributed by atoms with E-state index >= 15 is 0 Å². The summed E-state index contributed by atoms with van der Waals surface area (Å²) in [4.78, 5) is 32.7. The fourth-order valence-corrected chi connectivity index (χ4v) is 2.51. The molecule has 0 atom stereocenters. The summed E-state index contributed by atoms with van der Waals surface area (Å²) >= 11 is 0. The summed E-state index contributed by atoms with van der Waals surface area (Å²) in [6, 6.07) is 0.